The first-order valence-corrected chi connectivity index (χ1v) is 19.9. The average Bonchev–Trinajstić information content (AvgIpc) is 3.62. The summed E-state index contributed by atoms with van der Waals surface area (Å²) >= 11 is 0. The predicted octanol–water partition coefficient (Wildman–Crippen LogP) is 14.3. The Morgan fingerprint density at radius 3 is 2.02 bits per heavy atom. The fourth-order valence-corrected chi connectivity index (χ4v) is 7.53. The summed E-state index contributed by atoms with van der Waals surface area (Å²) in [7, 11) is 0. The number of fused-ring (bicyclic) bond motifs is 1. The Morgan fingerprint density at radius 2 is 1.34 bits per heavy atom. The number of phenolic OH excluding ortho intramolecular Hbond substituents is 1. The smallest absolute Gasteiger partial charge is 0.148 e. The standard InChI is InChI=1S/C54H52N3O.Pt/c1-34(2)38-23-26-48(46(32-38)37-21-24-42(25-22-37)53(4,5)6)57-49-15-12-14-44(51(49)56-52(57)45-13-10-11-16-50(45)58)40-29-41(31-43(30-40)54(7,8)9)47-33-39(27-28-55-47)36-19-17-35(3)18-20-36;/h10-28,30-34,58H,1-9H3;/q-1;/i3D3,34D;. The van der Waals surface area contributed by atoms with E-state index >= 15 is 0 Å². The first kappa shape index (κ1) is 36.5. The van der Waals surface area contributed by atoms with Crippen molar-refractivity contribution in [2.75, 3.05) is 0 Å². The number of aromatic nitrogens is 3. The van der Waals surface area contributed by atoms with Crippen LogP contribution in [0.5, 0.6) is 5.75 Å². The predicted molar refractivity (Wildman–Crippen MR) is 243 cm³/mol. The summed E-state index contributed by atoms with van der Waals surface area (Å²) in [5.41, 5.74) is 13.4. The third-order valence-corrected chi connectivity index (χ3v) is 11.0. The van der Waals surface area contributed by atoms with Gasteiger partial charge in [-0.1, -0.05) is 157 Å². The molecule has 0 spiro atoms. The topological polar surface area (TPSA) is 50.9 Å². The van der Waals surface area contributed by atoms with Gasteiger partial charge in [0.1, 0.15) is 11.6 Å². The first-order chi connectivity index (χ1) is 29.2. The SMILES string of the molecule is [2H]C([2H])([2H])c1ccc(-c2ccnc(-c3[c-]c(-c4cccc5c4nc(-c4ccccc4O)n5-c4ccc(C([2H])(C)C)cc4-c4ccc(C(C)(C)C)cc4)cc(C(C)(C)C)c3)c2)cc1.[Pt]. The van der Waals surface area contributed by atoms with E-state index in [0.717, 1.165) is 72.5 Å². The van der Waals surface area contributed by atoms with Gasteiger partial charge in [-0.3, -0.25) is 9.55 Å². The molecule has 0 radical (unpaired) electrons. The number of imidazole rings is 1. The quantitative estimate of drug-likeness (QED) is 0.162. The van der Waals surface area contributed by atoms with Gasteiger partial charge in [0.2, 0.25) is 0 Å². The molecule has 0 unspecified atom stereocenters. The van der Waals surface area contributed by atoms with Crippen LogP contribution in [0.4, 0.5) is 0 Å². The van der Waals surface area contributed by atoms with Crippen molar-refractivity contribution in [1.29, 1.82) is 0 Å². The number of benzene rings is 6. The molecule has 8 rings (SSSR count). The van der Waals surface area contributed by atoms with E-state index in [0.29, 0.717) is 17.0 Å². The molecule has 2 heterocycles. The van der Waals surface area contributed by atoms with Gasteiger partial charge in [-0.15, -0.1) is 29.3 Å². The fourth-order valence-electron chi connectivity index (χ4n) is 7.53. The number of aryl methyl sites for hydroxylation is 1. The minimum atomic E-state index is -2.17. The Bertz CT molecular complexity index is 2950. The summed E-state index contributed by atoms with van der Waals surface area (Å²) in [6.45, 7) is 14.8. The van der Waals surface area contributed by atoms with Crippen LogP contribution < -0.4 is 0 Å². The maximum Gasteiger partial charge on any atom is 0.148 e. The molecule has 8 aromatic rings. The zero-order valence-corrected chi connectivity index (χ0v) is 37.2. The van der Waals surface area contributed by atoms with E-state index in [9.17, 15) is 5.11 Å². The van der Waals surface area contributed by atoms with Crippen LogP contribution in [0.3, 0.4) is 0 Å². The second-order valence-corrected chi connectivity index (χ2v) is 17.5. The molecular formula is C54H52N3OPt-. The van der Waals surface area contributed by atoms with E-state index in [1.807, 2.05) is 68.4 Å². The van der Waals surface area contributed by atoms with Crippen molar-refractivity contribution in [3.8, 4) is 67.5 Å². The second kappa shape index (κ2) is 16.2. The molecule has 0 amide bonds. The first-order valence-electron chi connectivity index (χ1n) is 21.9. The average molecular weight is 958 g/mol. The van der Waals surface area contributed by atoms with E-state index in [2.05, 4.69) is 113 Å². The Kier molecular flexibility index (Phi) is 10.0. The number of aromatic hydroxyl groups is 1. The fraction of sp³-hybridized carbons (Fsp3) is 0.222. The van der Waals surface area contributed by atoms with Crippen LogP contribution in [0.1, 0.15) is 89.0 Å². The van der Waals surface area contributed by atoms with Gasteiger partial charge in [-0.25, -0.2) is 4.98 Å². The van der Waals surface area contributed by atoms with E-state index in [4.69, 9.17) is 15.5 Å². The number of rotatable bonds is 7. The van der Waals surface area contributed by atoms with Gasteiger partial charge < -0.3 is 5.11 Å². The van der Waals surface area contributed by atoms with E-state index < -0.39 is 12.7 Å². The van der Waals surface area contributed by atoms with Gasteiger partial charge in [0.05, 0.1) is 22.3 Å². The van der Waals surface area contributed by atoms with Crippen LogP contribution in [0, 0.1) is 12.9 Å². The second-order valence-electron chi connectivity index (χ2n) is 17.5. The molecule has 0 aliphatic rings. The number of hydrogen-bond donors (Lipinski definition) is 1. The van der Waals surface area contributed by atoms with Gasteiger partial charge in [0, 0.05) is 44.0 Å². The molecule has 0 aliphatic carbocycles. The molecule has 0 fully saturated rings. The molecule has 0 atom stereocenters. The molecule has 0 saturated carbocycles. The van der Waals surface area contributed by atoms with Gasteiger partial charge >= 0.3 is 0 Å². The van der Waals surface area contributed by atoms with Crippen LogP contribution >= 0.6 is 0 Å². The third-order valence-electron chi connectivity index (χ3n) is 11.0. The number of hydrogen-bond acceptors (Lipinski definition) is 3. The summed E-state index contributed by atoms with van der Waals surface area (Å²) in [5.74, 6) is -0.136. The van der Waals surface area contributed by atoms with Crippen LogP contribution in [0.2, 0.25) is 0 Å². The molecule has 0 aliphatic heterocycles. The zero-order valence-electron chi connectivity index (χ0n) is 38.9. The number of para-hydroxylation sites is 2. The van der Waals surface area contributed by atoms with Crippen molar-refractivity contribution in [1.82, 2.24) is 14.5 Å². The molecule has 0 bridgehead atoms. The molecule has 300 valence electrons. The van der Waals surface area contributed by atoms with Crippen molar-refractivity contribution >= 4 is 11.0 Å². The van der Waals surface area contributed by atoms with Gasteiger partial charge in [-0.2, -0.15) is 0 Å². The normalized spacial score (nSPS) is 13.3. The van der Waals surface area contributed by atoms with E-state index in [-0.39, 0.29) is 37.6 Å². The molecule has 2 aromatic heterocycles. The van der Waals surface area contributed by atoms with Gasteiger partial charge in [-0.05, 0) is 87.8 Å². The molecule has 4 nitrogen and oxygen atoms in total. The maximum atomic E-state index is 11.4. The number of nitrogens with zero attached hydrogens (tertiary/aromatic N) is 3. The number of phenols is 1. The Labute approximate surface area is 369 Å². The molecule has 1 N–H and O–H groups in total. The monoisotopic (exact) mass is 957 g/mol. The van der Waals surface area contributed by atoms with Crippen molar-refractivity contribution in [3.63, 3.8) is 0 Å². The van der Waals surface area contributed by atoms with Crippen LogP contribution in [0.25, 0.3) is 72.7 Å². The van der Waals surface area contributed by atoms with Gasteiger partial charge in [0.25, 0.3) is 0 Å². The van der Waals surface area contributed by atoms with Gasteiger partial charge in [0.15, 0.2) is 0 Å². The molecule has 6 aromatic carbocycles. The van der Waals surface area contributed by atoms with E-state index in [1.54, 1.807) is 24.4 Å². The molecule has 5 heteroatoms. The summed E-state index contributed by atoms with van der Waals surface area (Å²) < 4.78 is 34.6. The minimum absolute atomic E-state index is 0. The van der Waals surface area contributed by atoms with Crippen molar-refractivity contribution in [2.45, 2.75) is 79.0 Å². The minimum Gasteiger partial charge on any atom is -0.507 e. The molecule has 0 saturated heterocycles. The third kappa shape index (κ3) is 8.34. The Morgan fingerprint density at radius 1 is 0.661 bits per heavy atom. The summed E-state index contributed by atoms with van der Waals surface area (Å²) in [6, 6.07) is 47.4. The van der Waals surface area contributed by atoms with E-state index in [1.165, 1.54) is 5.56 Å². The molecular weight excluding hydrogens is 902 g/mol. The van der Waals surface area contributed by atoms with Crippen molar-refractivity contribution in [2.24, 2.45) is 0 Å². The summed E-state index contributed by atoms with van der Waals surface area (Å²) in [5, 5.41) is 11.4. The zero-order chi connectivity index (χ0) is 44.4. The van der Waals surface area contributed by atoms with Crippen molar-refractivity contribution < 1.29 is 31.7 Å². The van der Waals surface area contributed by atoms with Crippen LogP contribution in [-0.4, -0.2) is 19.6 Å². The summed E-state index contributed by atoms with van der Waals surface area (Å²) in [6.07, 6.45) is 1.78. The van der Waals surface area contributed by atoms with Crippen LogP contribution in [0.15, 0.2) is 140 Å². The largest absolute Gasteiger partial charge is 0.507 e. The van der Waals surface area contributed by atoms with Crippen molar-refractivity contribution in [3.05, 3.63) is 168 Å². The van der Waals surface area contributed by atoms with Crippen LogP contribution in [-0.2, 0) is 31.9 Å². The Hall–Kier alpha value is -5.57. The number of pyridine rings is 1. The molecule has 59 heavy (non-hydrogen) atoms. The summed E-state index contributed by atoms with van der Waals surface area (Å²) in [4.78, 5) is 10.2. The maximum absolute atomic E-state index is 11.4. The Balaban J connectivity index is 0.00000595.